The molecule has 0 aliphatic carbocycles. The number of nitrogens with zero attached hydrogens (tertiary/aromatic N) is 1. The second-order valence-electron chi connectivity index (χ2n) is 28.0. The van der Waals surface area contributed by atoms with Gasteiger partial charge in [0.2, 0.25) is 13.1 Å². The molecule has 0 fully saturated rings. The lowest BCUT2D eigenvalue weighted by molar-refractivity contribution is -0.0224. The summed E-state index contributed by atoms with van der Waals surface area (Å²) < 4.78 is 82.5. The Morgan fingerprint density at radius 2 is 0.600 bits per heavy atom. The van der Waals surface area contributed by atoms with Crippen molar-refractivity contribution in [1.29, 1.82) is 5.53 Å². The molecular formula is C83H160N3O13P. The van der Waals surface area contributed by atoms with E-state index in [1.165, 1.54) is 289 Å². The fraction of sp³-hybridized carbons (Fsp3) is 0.904. The number of benzene rings is 1. The topological polar surface area (TPSA) is 176 Å². The number of unbranched alkanes of at least 4 members (excludes halogenated alkanes) is 45. The van der Waals surface area contributed by atoms with Crippen LogP contribution in [0.1, 0.15) is 341 Å². The van der Waals surface area contributed by atoms with E-state index in [4.69, 9.17) is 62.2 Å². The minimum atomic E-state index is -2.55. The summed E-state index contributed by atoms with van der Waals surface area (Å²) in [5, 5.41) is 7.18. The van der Waals surface area contributed by atoms with E-state index >= 15 is 0 Å². The number of nitrogens with one attached hydrogen (secondary N) is 2. The van der Waals surface area contributed by atoms with Crippen LogP contribution in [0.3, 0.4) is 0 Å². The van der Waals surface area contributed by atoms with Crippen molar-refractivity contribution in [3.05, 3.63) is 29.6 Å². The second-order valence-corrected chi connectivity index (χ2v) is 30.7. The Balaban J connectivity index is 2.70. The fourth-order valence-electron chi connectivity index (χ4n) is 12.3. The van der Waals surface area contributed by atoms with E-state index in [1.54, 1.807) is 12.9 Å². The number of hydrogen-bond donors (Lipinski definition) is 2. The molecule has 2 N–H and O–H groups in total. The van der Waals surface area contributed by atoms with Crippen LogP contribution in [0.5, 0.6) is 17.2 Å². The normalized spacial score (nSPS) is 12.4. The summed E-state index contributed by atoms with van der Waals surface area (Å²) >= 11 is 0. The molecule has 1 unspecified atom stereocenters. The van der Waals surface area contributed by atoms with Gasteiger partial charge in [-0.05, 0) is 43.9 Å². The summed E-state index contributed by atoms with van der Waals surface area (Å²) in [6.07, 6.45) is 66.5. The van der Waals surface area contributed by atoms with Gasteiger partial charge in [-0.1, -0.05) is 310 Å². The van der Waals surface area contributed by atoms with Gasteiger partial charge in [0.15, 0.2) is 11.5 Å². The summed E-state index contributed by atoms with van der Waals surface area (Å²) in [5.41, 5.74) is 9.42. The van der Waals surface area contributed by atoms with Gasteiger partial charge in [-0.25, -0.2) is 5.53 Å². The maximum Gasteiger partial charge on any atom is 0.203 e. The van der Waals surface area contributed by atoms with Crippen LogP contribution in [0.25, 0.3) is 0 Å². The largest absolute Gasteiger partial charge is 0.490 e. The van der Waals surface area contributed by atoms with E-state index in [2.05, 4.69) is 43.3 Å². The quantitative estimate of drug-likeness (QED) is 0.0358. The number of ether oxygens (including phenoxy) is 11. The van der Waals surface area contributed by atoms with Crippen molar-refractivity contribution in [3.8, 4) is 17.2 Å². The molecule has 0 heterocycles. The van der Waals surface area contributed by atoms with E-state index in [1.807, 2.05) is 6.92 Å². The average Bonchev–Trinajstić information content (AvgIpc) is 0.826. The summed E-state index contributed by atoms with van der Waals surface area (Å²) in [4.78, 5) is 0. The molecule has 0 saturated carbocycles. The van der Waals surface area contributed by atoms with Gasteiger partial charge in [-0.3, -0.25) is 4.57 Å². The number of hydrogen-bond acceptors (Lipinski definition) is 16. The maximum atomic E-state index is 12.1. The van der Waals surface area contributed by atoms with Crippen molar-refractivity contribution < 1.29 is 61.2 Å². The molecule has 0 amide bonds. The maximum absolute atomic E-state index is 12.1. The highest BCUT2D eigenvalue weighted by Gasteiger charge is 2.18. The van der Waals surface area contributed by atoms with Gasteiger partial charge in [0.05, 0.1) is 132 Å². The molecular weight excluding hydrogens is 1280 g/mol. The molecule has 0 aliphatic heterocycles. The first-order valence-corrected chi connectivity index (χ1v) is 44.3. The van der Waals surface area contributed by atoms with Gasteiger partial charge in [0, 0.05) is 25.6 Å². The fourth-order valence-corrected chi connectivity index (χ4v) is 13.4. The molecule has 0 aliphatic rings. The highest BCUT2D eigenvalue weighted by molar-refractivity contribution is 7.58. The lowest BCUT2D eigenvalue weighted by atomic mass is 10.0. The SMILES string of the molecule is CCCCCCCCCCCCCCCCCCOc1cc(CN/C=C(/COCCOCCOCCOCCOCCOCCOCCOCCP(C)(=O)OCC)N=N)cc(OCCCCCCCCCCCCCCCCCC)c1OCCCCCCCCCCCCCCCCCC. The highest BCUT2D eigenvalue weighted by Crippen LogP contribution is 2.42. The molecule has 0 radical (unpaired) electrons. The van der Waals surface area contributed by atoms with E-state index in [0.717, 1.165) is 42.1 Å². The predicted octanol–water partition coefficient (Wildman–Crippen LogP) is 23.6. The van der Waals surface area contributed by atoms with Crippen molar-refractivity contribution in [2.75, 3.05) is 145 Å². The molecule has 0 spiro atoms. The van der Waals surface area contributed by atoms with E-state index in [-0.39, 0.29) is 6.61 Å². The van der Waals surface area contributed by atoms with Crippen LogP contribution in [-0.4, -0.2) is 145 Å². The Kier molecular flexibility index (Phi) is 75.7. The minimum absolute atomic E-state index is 0.187. The minimum Gasteiger partial charge on any atom is -0.490 e. The van der Waals surface area contributed by atoms with E-state index < -0.39 is 7.37 Å². The molecule has 1 rings (SSSR count). The molecule has 0 bridgehead atoms. The van der Waals surface area contributed by atoms with Crippen LogP contribution < -0.4 is 19.5 Å². The number of rotatable bonds is 86. The summed E-state index contributed by atoms with van der Waals surface area (Å²) in [5.74, 6) is 2.26. The third kappa shape index (κ3) is 68.7. The van der Waals surface area contributed by atoms with Crippen LogP contribution in [0.4, 0.5) is 0 Å². The molecule has 0 saturated heterocycles. The monoisotopic (exact) mass is 1440 g/mol. The van der Waals surface area contributed by atoms with Crippen LogP contribution in [-0.2, 0) is 53.5 Å². The van der Waals surface area contributed by atoms with Gasteiger partial charge < -0.3 is 61.9 Å². The van der Waals surface area contributed by atoms with Crippen molar-refractivity contribution in [1.82, 2.24) is 5.32 Å². The third-order valence-corrected chi connectivity index (χ3v) is 20.3. The standard InChI is InChI=1S/C83H160N3O13P/c1-6-10-13-16-19-22-25-28-31-34-37-40-43-46-49-52-55-96-81-74-79(76-85-77-80(86-84)78-95-71-70-93-67-66-91-63-62-89-59-58-88-60-61-90-64-65-92-68-69-94-72-73-100(5,87)99-9-4)75-82(97-56-53-50-47-44-41-38-35-32-29-26-23-20-17-14-11-7-2)83(81)98-57-54-51-48-45-42-39-36-33-30-27-24-21-18-15-12-8-3/h74-75,77,84-85H,6-73,76,78H2,1-5H3/b80-77-,86-84?. The first kappa shape index (κ1) is 95.6. The van der Waals surface area contributed by atoms with Crippen molar-refractivity contribution in [2.24, 2.45) is 5.11 Å². The molecule has 16 nitrogen and oxygen atoms in total. The first-order valence-electron chi connectivity index (χ1n) is 42.1. The van der Waals surface area contributed by atoms with Crippen LogP contribution >= 0.6 is 7.37 Å². The van der Waals surface area contributed by atoms with Crippen LogP contribution in [0.15, 0.2) is 29.1 Å². The zero-order valence-corrected chi connectivity index (χ0v) is 66.8. The molecule has 1 aromatic rings. The van der Waals surface area contributed by atoms with E-state index in [9.17, 15) is 4.57 Å². The third-order valence-electron chi connectivity index (χ3n) is 18.5. The van der Waals surface area contributed by atoms with Gasteiger partial charge in [0.25, 0.3) is 0 Å². The van der Waals surface area contributed by atoms with Crippen molar-refractivity contribution in [3.63, 3.8) is 0 Å². The van der Waals surface area contributed by atoms with Crippen LogP contribution in [0, 0.1) is 5.53 Å². The molecule has 17 heteroatoms. The molecule has 1 atom stereocenters. The summed E-state index contributed by atoms with van der Waals surface area (Å²) in [6.45, 7) is 20.2. The van der Waals surface area contributed by atoms with Gasteiger partial charge in [-0.2, -0.15) is 5.11 Å². The predicted molar refractivity (Wildman–Crippen MR) is 418 cm³/mol. The van der Waals surface area contributed by atoms with E-state index in [0.29, 0.717) is 144 Å². The lowest BCUT2D eigenvalue weighted by Crippen LogP contribution is -2.15. The Hall–Kier alpha value is -2.37. The average molecular weight is 1440 g/mol. The summed E-state index contributed by atoms with van der Waals surface area (Å²) in [7, 11) is -2.55. The zero-order valence-electron chi connectivity index (χ0n) is 65.9. The van der Waals surface area contributed by atoms with Crippen molar-refractivity contribution in [2.45, 2.75) is 342 Å². The Morgan fingerprint density at radius 3 is 0.870 bits per heavy atom. The summed E-state index contributed by atoms with van der Waals surface area (Å²) in [6, 6.07) is 4.24. The zero-order chi connectivity index (χ0) is 71.9. The Labute approximate surface area is 615 Å². The smallest absolute Gasteiger partial charge is 0.203 e. The molecule has 1 aromatic carbocycles. The Bertz CT molecular complexity index is 1840. The molecule has 590 valence electrons. The van der Waals surface area contributed by atoms with Gasteiger partial charge in [-0.15, -0.1) is 0 Å². The van der Waals surface area contributed by atoms with Gasteiger partial charge in [0.1, 0.15) is 5.70 Å². The second kappa shape index (κ2) is 79.2. The van der Waals surface area contributed by atoms with Crippen molar-refractivity contribution >= 4 is 7.37 Å². The highest BCUT2D eigenvalue weighted by atomic mass is 31.2. The Morgan fingerprint density at radius 1 is 0.350 bits per heavy atom. The first-order chi connectivity index (χ1) is 49.4. The molecule has 0 aromatic heterocycles. The van der Waals surface area contributed by atoms with Gasteiger partial charge >= 0.3 is 0 Å². The van der Waals surface area contributed by atoms with Crippen LogP contribution in [0.2, 0.25) is 0 Å². The molecule has 100 heavy (non-hydrogen) atoms. The lowest BCUT2D eigenvalue weighted by Gasteiger charge is -2.19.